The molecule has 1 saturated heterocycles. The minimum Gasteiger partial charge on any atom is -0.336 e. The number of carbonyl (C=O) groups excluding carboxylic acids is 1. The van der Waals surface area contributed by atoms with E-state index in [1.807, 2.05) is 31.2 Å². The molecule has 1 aromatic heterocycles. The molecule has 4 heteroatoms. The van der Waals surface area contributed by atoms with Crippen LogP contribution in [0.1, 0.15) is 53.5 Å². The van der Waals surface area contributed by atoms with E-state index in [0.29, 0.717) is 6.04 Å². The number of amides is 1. The number of rotatable bonds is 3. The van der Waals surface area contributed by atoms with Crippen LogP contribution >= 0.6 is 11.3 Å². The van der Waals surface area contributed by atoms with Crippen LogP contribution in [0.2, 0.25) is 0 Å². The first-order valence-electron chi connectivity index (χ1n) is 8.45. The molecule has 0 radical (unpaired) electrons. The number of aromatic nitrogens is 1. The van der Waals surface area contributed by atoms with Crippen molar-refractivity contribution in [3.63, 3.8) is 0 Å². The first kappa shape index (κ1) is 16.2. The van der Waals surface area contributed by atoms with E-state index in [9.17, 15) is 4.79 Å². The Kier molecular flexibility index (Phi) is 4.81. The highest BCUT2D eigenvalue weighted by atomic mass is 32.1. The lowest BCUT2D eigenvalue weighted by Crippen LogP contribution is -2.43. The van der Waals surface area contributed by atoms with Gasteiger partial charge in [-0.3, -0.25) is 4.79 Å². The largest absolute Gasteiger partial charge is 0.336 e. The summed E-state index contributed by atoms with van der Waals surface area (Å²) in [6, 6.07) is 8.34. The molecule has 1 fully saturated rings. The lowest BCUT2D eigenvalue weighted by atomic mass is 9.98. The fourth-order valence-corrected chi connectivity index (χ4v) is 4.15. The number of benzene rings is 1. The predicted octanol–water partition coefficient (Wildman–Crippen LogP) is 4.83. The molecule has 1 aromatic carbocycles. The van der Waals surface area contributed by atoms with Gasteiger partial charge < -0.3 is 4.90 Å². The Morgan fingerprint density at radius 3 is 2.87 bits per heavy atom. The van der Waals surface area contributed by atoms with Crippen LogP contribution in [0.5, 0.6) is 0 Å². The number of aryl methyl sites for hydroxylation is 2. The Labute approximate surface area is 142 Å². The SMILES string of the molecule is CCC1CCCCN1C(=O)c1cccc(-c2nc(C)c(C)s2)c1. The number of hydrogen-bond acceptors (Lipinski definition) is 3. The van der Waals surface area contributed by atoms with Gasteiger partial charge in [-0.1, -0.05) is 19.1 Å². The Balaban J connectivity index is 1.88. The van der Waals surface area contributed by atoms with Crippen LogP contribution in [0, 0.1) is 13.8 Å². The zero-order valence-corrected chi connectivity index (χ0v) is 14.9. The molecule has 3 nitrogen and oxygen atoms in total. The maximum atomic E-state index is 12.9. The number of likely N-dealkylation sites (tertiary alicyclic amines) is 1. The maximum Gasteiger partial charge on any atom is 0.254 e. The molecule has 0 N–H and O–H groups in total. The molecule has 1 aliphatic rings. The van der Waals surface area contributed by atoms with Gasteiger partial charge in [-0.15, -0.1) is 11.3 Å². The van der Waals surface area contributed by atoms with Crippen LogP contribution in [0.4, 0.5) is 0 Å². The van der Waals surface area contributed by atoms with Crippen molar-refractivity contribution in [3.8, 4) is 10.6 Å². The van der Waals surface area contributed by atoms with E-state index in [1.54, 1.807) is 11.3 Å². The quantitative estimate of drug-likeness (QED) is 0.808. The van der Waals surface area contributed by atoms with E-state index in [-0.39, 0.29) is 5.91 Å². The Hall–Kier alpha value is -1.68. The van der Waals surface area contributed by atoms with Gasteiger partial charge >= 0.3 is 0 Å². The summed E-state index contributed by atoms with van der Waals surface area (Å²) in [4.78, 5) is 20.9. The van der Waals surface area contributed by atoms with Crippen LogP contribution < -0.4 is 0 Å². The number of hydrogen-bond donors (Lipinski definition) is 0. The lowest BCUT2D eigenvalue weighted by molar-refractivity contribution is 0.0608. The minimum absolute atomic E-state index is 0.170. The molecule has 23 heavy (non-hydrogen) atoms. The summed E-state index contributed by atoms with van der Waals surface area (Å²) < 4.78 is 0. The standard InChI is InChI=1S/C19H24N2OS/c1-4-17-10-5-6-11-21(17)19(22)16-9-7-8-15(12-16)18-20-13(2)14(3)23-18/h7-9,12,17H,4-6,10-11H2,1-3H3. The first-order valence-corrected chi connectivity index (χ1v) is 9.27. The van der Waals surface area contributed by atoms with Gasteiger partial charge in [-0.25, -0.2) is 4.98 Å². The molecule has 0 aliphatic carbocycles. The van der Waals surface area contributed by atoms with E-state index < -0.39 is 0 Å². The molecular weight excluding hydrogens is 304 g/mol. The van der Waals surface area contributed by atoms with E-state index in [0.717, 1.165) is 47.6 Å². The van der Waals surface area contributed by atoms with Crippen molar-refractivity contribution >= 4 is 17.2 Å². The van der Waals surface area contributed by atoms with Crippen molar-refractivity contribution in [2.24, 2.45) is 0 Å². The topological polar surface area (TPSA) is 33.2 Å². The third-order valence-corrected chi connectivity index (χ3v) is 5.87. The molecule has 122 valence electrons. The molecule has 1 amide bonds. The normalized spacial score (nSPS) is 18.2. The summed E-state index contributed by atoms with van der Waals surface area (Å²) in [7, 11) is 0. The maximum absolute atomic E-state index is 12.9. The minimum atomic E-state index is 0.170. The molecule has 2 aromatic rings. The van der Waals surface area contributed by atoms with Crippen molar-refractivity contribution in [1.82, 2.24) is 9.88 Å². The average molecular weight is 328 g/mol. The molecule has 1 atom stereocenters. The summed E-state index contributed by atoms with van der Waals surface area (Å²) in [5.41, 5.74) is 2.90. The van der Waals surface area contributed by atoms with Gasteiger partial charge in [-0.05, 0) is 51.7 Å². The first-order chi connectivity index (χ1) is 11.1. The zero-order chi connectivity index (χ0) is 16.4. The van der Waals surface area contributed by atoms with Gasteiger partial charge in [0.05, 0.1) is 5.69 Å². The van der Waals surface area contributed by atoms with E-state index in [4.69, 9.17) is 0 Å². The highest BCUT2D eigenvalue weighted by Crippen LogP contribution is 2.29. The Morgan fingerprint density at radius 2 is 2.17 bits per heavy atom. The highest BCUT2D eigenvalue weighted by Gasteiger charge is 2.26. The van der Waals surface area contributed by atoms with Gasteiger partial charge in [0, 0.05) is 28.6 Å². The van der Waals surface area contributed by atoms with Gasteiger partial charge in [0.1, 0.15) is 5.01 Å². The lowest BCUT2D eigenvalue weighted by Gasteiger charge is -2.35. The third kappa shape index (κ3) is 3.32. The molecule has 2 heterocycles. The van der Waals surface area contributed by atoms with Crippen LogP contribution in [-0.4, -0.2) is 28.4 Å². The second-order valence-electron chi connectivity index (χ2n) is 6.30. The van der Waals surface area contributed by atoms with Crippen molar-refractivity contribution in [1.29, 1.82) is 0 Å². The number of carbonyl (C=O) groups is 1. The van der Waals surface area contributed by atoms with Crippen LogP contribution in [0.3, 0.4) is 0 Å². The molecule has 3 rings (SSSR count). The Morgan fingerprint density at radius 1 is 1.35 bits per heavy atom. The smallest absolute Gasteiger partial charge is 0.254 e. The molecule has 1 unspecified atom stereocenters. The van der Waals surface area contributed by atoms with Gasteiger partial charge in [0.25, 0.3) is 5.91 Å². The molecule has 1 aliphatic heterocycles. The molecule has 0 bridgehead atoms. The molecule has 0 spiro atoms. The number of piperidine rings is 1. The number of nitrogens with zero attached hydrogens (tertiary/aromatic N) is 2. The second kappa shape index (κ2) is 6.83. The summed E-state index contributed by atoms with van der Waals surface area (Å²) >= 11 is 1.69. The van der Waals surface area contributed by atoms with E-state index >= 15 is 0 Å². The van der Waals surface area contributed by atoms with E-state index in [2.05, 4.69) is 23.7 Å². The molecular formula is C19H24N2OS. The second-order valence-corrected chi connectivity index (χ2v) is 7.50. The van der Waals surface area contributed by atoms with Crippen LogP contribution in [0.15, 0.2) is 24.3 Å². The molecule has 0 saturated carbocycles. The third-order valence-electron chi connectivity index (χ3n) is 4.74. The van der Waals surface area contributed by atoms with Crippen molar-refractivity contribution in [2.75, 3.05) is 6.54 Å². The van der Waals surface area contributed by atoms with Crippen molar-refractivity contribution in [2.45, 2.75) is 52.5 Å². The van der Waals surface area contributed by atoms with Crippen LogP contribution in [0.25, 0.3) is 10.6 Å². The average Bonchev–Trinajstić information content (AvgIpc) is 2.93. The van der Waals surface area contributed by atoms with Gasteiger partial charge in [-0.2, -0.15) is 0 Å². The predicted molar refractivity (Wildman–Crippen MR) is 96.0 cm³/mol. The van der Waals surface area contributed by atoms with Crippen molar-refractivity contribution < 1.29 is 4.79 Å². The fourth-order valence-electron chi connectivity index (χ4n) is 3.24. The van der Waals surface area contributed by atoms with Crippen molar-refractivity contribution in [3.05, 3.63) is 40.4 Å². The highest BCUT2D eigenvalue weighted by molar-refractivity contribution is 7.15. The van der Waals surface area contributed by atoms with E-state index in [1.165, 1.54) is 11.3 Å². The Bertz CT molecular complexity index is 688. The van der Waals surface area contributed by atoms with Gasteiger partial charge in [0.15, 0.2) is 0 Å². The summed E-state index contributed by atoms with van der Waals surface area (Å²) in [5.74, 6) is 0.170. The van der Waals surface area contributed by atoms with Crippen LogP contribution in [-0.2, 0) is 0 Å². The fraction of sp³-hybridized carbons (Fsp3) is 0.474. The summed E-state index contributed by atoms with van der Waals surface area (Å²) in [6.07, 6.45) is 4.52. The summed E-state index contributed by atoms with van der Waals surface area (Å²) in [6.45, 7) is 7.18. The van der Waals surface area contributed by atoms with Gasteiger partial charge in [0.2, 0.25) is 0 Å². The summed E-state index contributed by atoms with van der Waals surface area (Å²) in [5, 5.41) is 1.00. The number of thiazole rings is 1. The monoisotopic (exact) mass is 328 g/mol. The zero-order valence-electron chi connectivity index (χ0n) is 14.1.